The zero-order valence-electron chi connectivity index (χ0n) is 17.0. The van der Waals surface area contributed by atoms with E-state index < -0.39 is 0 Å². The smallest absolute Gasteiger partial charge is 0.252 e. The van der Waals surface area contributed by atoms with Gasteiger partial charge in [-0.3, -0.25) is 14.5 Å². The SMILES string of the molecule is Cc1cccc2c(C(=O)N[C@H](C)c3cnn(C)c3C)cc(-c3ccccn3)nc12. The lowest BCUT2D eigenvalue weighted by atomic mass is 10.0. The summed E-state index contributed by atoms with van der Waals surface area (Å²) in [5.74, 6) is -0.143. The van der Waals surface area contributed by atoms with Crippen LogP contribution in [-0.2, 0) is 7.05 Å². The van der Waals surface area contributed by atoms with Gasteiger partial charge in [0, 0.05) is 29.9 Å². The zero-order chi connectivity index (χ0) is 20.5. The molecule has 4 rings (SSSR count). The molecule has 3 heterocycles. The minimum Gasteiger partial charge on any atom is -0.345 e. The molecule has 1 atom stereocenters. The van der Waals surface area contributed by atoms with Gasteiger partial charge in [-0.05, 0) is 44.5 Å². The molecule has 0 spiro atoms. The van der Waals surface area contributed by atoms with Gasteiger partial charge in [-0.25, -0.2) is 4.98 Å². The van der Waals surface area contributed by atoms with Gasteiger partial charge in [0.25, 0.3) is 5.91 Å². The average molecular weight is 385 g/mol. The number of nitrogens with one attached hydrogen (secondary N) is 1. The van der Waals surface area contributed by atoms with Gasteiger partial charge in [-0.15, -0.1) is 0 Å². The van der Waals surface area contributed by atoms with Crippen molar-refractivity contribution in [3.05, 3.63) is 77.2 Å². The van der Waals surface area contributed by atoms with Gasteiger partial charge >= 0.3 is 0 Å². The van der Waals surface area contributed by atoms with E-state index in [-0.39, 0.29) is 11.9 Å². The largest absolute Gasteiger partial charge is 0.345 e. The van der Waals surface area contributed by atoms with Gasteiger partial charge in [0.15, 0.2) is 0 Å². The Hall–Kier alpha value is -3.54. The Morgan fingerprint density at radius 2 is 1.93 bits per heavy atom. The number of hydrogen-bond acceptors (Lipinski definition) is 4. The van der Waals surface area contributed by atoms with Gasteiger partial charge in [0.05, 0.1) is 34.7 Å². The van der Waals surface area contributed by atoms with E-state index >= 15 is 0 Å². The molecule has 3 aromatic heterocycles. The van der Waals surface area contributed by atoms with Crippen molar-refractivity contribution in [1.82, 2.24) is 25.1 Å². The number of benzene rings is 1. The summed E-state index contributed by atoms with van der Waals surface area (Å²) >= 11 is 0. The summed E-state index contributed by atoms with van der Waals surface area (Å²) in [7, 11) is 1.89. The fourth-order valence-electron chi connectivity index (χ4n) is 3.52. The highest BCUT2D eigenvalue weighted by molar-refractivity contribution is 6.07. The number of nitrogens with zero attached hydrogens (tertiary/aromatic N) is 4. The van der Waals surface area contributed by atoms with Crippen molar-refractivity contribution < 1.29 is 4.79 Å². The molecule has 1 aromatic carbocycles. The van der Waals surface area contributed by atoms with E-state index in [9.17, 15) is 4.79 Å². The summed E-state index contributed by atoms with van der Waals surface area (Å²) < 4.78 is 1.81. The molecule has 4 aromatic rings. The Labute approximate surface area is 169 Å². The third-order valence-electron chi connectivity index (χ3n) is 5.30. The van der Waals surface area contributed by atoms with E-state index in [0.717, 1.165) is 33.4 Å². The molecule has 0 unspecified atom stereocenters. The molecule has 0 bridgehead atoms. The molecule has 6 nitrogen and oxygen atoms in total. The molecule has 0 saturated heterocycles. The Morgan fingerprint density at radius 3 is 2.62 bits per heavy atom. The first kappa shape index (κ1) is 18.8. The monoisotopic (exact) mass is 385 g/mol. The maximum absolute atomic E-state index is 13.3. The summed E-state index contributed by atoms with van der Waals surface area (Å²) in [4.78, 5) is 22.5. The normalized spacial score (nSPS) is 12.1. The third kappa shape index (κ3) is 3.49. The molecule has 0 aliphatic rings. The fourth-order valence-corrected chi connectivity index (χ4v) is 3.52. The minimum atomic E-state index is -0.164. The maximum atomic E-state index is 13.3. The Balaban J connectivity index is 1.78. The van der Waals surface area contributed by atoms with E-state index in [1.807, 2.05) is 75.0 Å². The van der Waals surface area contributed by atoms with Crippen LogP contribution in [0.25, 0.3) is 22.3 Å². The predicted molar refractivity (Wildman–Crippen MR) is 114 cm³/mol. The predicted octanol–water partition coefficient (Wildman–Crippen LogP) is 4.14. The van der Waals surface area contributed by atoms with Crippen molar-refractivity contribution in [2.75, 3.05) is 0 Å². The molecule has 0 radical (unpaired) electrons. The van der Waals surface area contributed by atoms with Crippen molar-refractivity contribution >= 4 is 16.8 Å². The van der Waals surface area contributed by atoms with E-state index in [1.54, 1.807) is 12.4 Å². The van der Waals surface area contributed by atoms with Crippen molar-refractivity contribution in [2.45, 2.75) is 26.8 Å². The second-order valence-electron chi connectivity index (χ2n) is 7.25. The summed E-state index contributed by atoms with van der Waals surface area (Å²) in [6, 6.07) is 13.2. The molecule has 6 heteroatoms. The molecule has 0 aliphatic carbocycles. The van der Waals surface area contributed by atoms with Gasteiger partial charge < -0.3 is 5.32 Å². The molecule has 1 N–H and O–H groups in total. The molecular weight excluding hydrogens is 362 g/mol. The third-order valence-corrected chi connectivity index (χ3v) is 5.30. The number of hydrogen-bond donors (Lipinski definition) is 1. The lowest BCUT2D eigenvalue weighted by Gasteiger charge is -2.16. The first-order valence-corrected chi connectivity index (χ1v) is 9.57. The topological polar surface area (TPSA) is 72.7 Å². The number of carbonyl (C=O) groups excluding carboxylic acids is 1. The Kier molecular flexibility index (Phi) is 4.84. The van der Waals surface area contributed by atoms with Crippen molar-refractivity contribution in [3.63, 3.8) is 0 Å². The second kappa shape index (κ2) is 7.47. The number of carbonyl (C=O) groups is 1. The Bertz CT molecular complexity index is 1200. The van der Waals surface area contributed by atoms with Crippen molar-refractivity contribution in [1.29, 1.82) is 0 Å². The molecule has 0 fully saturated rings. The first-order chi connectivity index (χ1) is 14.0. The average Bonchev–Trinajstić information content (AvgIpc) is 3.07. The first-order valence-electron chi connectivity index (χ1n) is 9.57. The van der Waals surface area contributed by atoms with E-state index in [0.29, 0.717) is 11.3 Å². The summed E-state index contributed by atoms with van der Waals surface area (Å²) in [5.41, 5.74) is 5.87. The van der Waals surface area contributed by atoms with Crippen LogP contribution in [0.5, 0.6) is 0 Å². The van der Waals surface area contributed by atoms with Gasteiger partial charge in [-0.2, -0.15) is 5.10 Å². The summed E-state index contributed by atoms with van der Waals surface area (Å²) in [5, 5.41) is 8.23. The number of rotatable bonds is 4. The quantitative estimate of drug-likeness (QED) is 0.573. The molecule has 146 valence electrons. The van der Waals surface area contributed by atoms with Crippen LogP contribution in [0.3, 0.4) is 0 Å². The minimum absolute atomic E-state index is 0.143. The van der Waals surface area contributed by atoms with Crippen LogP contribution in [0.2, 0.25) is 0 Å². The Morgan fingerprint density at radius 1 is 1.10 bits per heavy atom. The molecular formula is C23H23N5O. The zero-order valence-corrected chi connectivity index (χ0v) is 17.0. The number of fused-ring (bicyclic) bond motifs is 1. The second-order valence-corrected chi connectivity index (χ2v) is 7.25. The molecule has 1 amide bonds. The van der Waals surface area contributed by atoms with Crippen molar-refractivity contribution in [3.8, 4) is 11.4 Å². The summed E-state index contributed by atoms with van der Waals surface area (Å²) in [6.45, 7) is 5.96. The van der Waals surface area contributed by atoms with Gasteiger partial charge in [0.2, 0.25) is 0 Å². The molecule has 0 aliphatic heterocycles. The number of aromatic nitrogens is 4. The van der Waals surface area contributed by atoms with Crippen LogP contribution in [-0.4, -0.2) is 25.7 Å². The van der Waals surface area contributed by atoms with Crippen LogP contribution in [0.15, 0.2) is 54.9 Å². The van der Waals surface area contributed by atoms with Crippen LogP contribution < -0.4 is 5.32 Å². The van der Waals surface area contributed by atoms with Gasteiger partial charge in [0.1, 0.15) is 0 Å². The molecule has 29 heavy (non-hydrogen) atoms. The van der Waals surface area contributed by atoms with Crippen LogP contribution in [0, 0.1) is 13.8 Å². The highest BCUT2D eigenvalue weighted by Gasteiger charge is 2.19. The lowest BCUT2D eigenvalue weighted by Crippen LogP contribution is -2.27. The van der Waals surface area contributed by atoms with E-state index in [2.05, 4.69) is 15.4 Å². The van der Waals surface area contributed by atoms with Crippen LogP contribution >= 0.6 is 0 Å². The van der Waals surface area contributed by atoms with Crippen molar-refractivity contribution in [2.24, 2.45) is 7.05 Å². The van der Waals surface area contributed by atoms with Crippen LogP contribution in [0.4, 0.5) is 0 Å². The van der Waals surface area contributed by atoms with Gasteiger partial charge in [-0.1, -0.05) is 24.3 Å². The number of para-hydroxylation sites is 1. The van der Waals surface area contributed by atoms with E-state index in [1.165, 1.54) is 0 Å². The summed E-state index contributed by atoms with van der Waals surface area (Å²) in [6.07, 6.45) is 3.53. The standard InChI is InChI=1S/C23H23N5O/c1-14-8-7-9-17-18(12-21(27-22(14)17)20-10-5-6-11-24-20)23(29)26-15(2)19-13-25-28(4)16(19)3/h5-13,15H,1-4H3,(H,26,29)/t15-/m1/s1. The number of amides is 1. The number of aryl methyl sites for hydroxylation is 2. The van der Waals surface area contributed by atoms with E-state index in [4.69, 9.17) is 4.98 Å². The van der Waals surface area contributed by atoms with Crippen LogP contribution in [0.1, 0.15) is 40.1 Å². The fraction of sp³-hybridized carbons (Fsp3) is 0.217. The molecule has 0 saturated carbocycles. The lowest BCUT2D eigenvalue weighted by molar-refractivity contribution is 0.0941. The highest BCUT2D eigenvalue weighted by atomic mass is 16.1. The highest BCUT2D eigenvalue weighted by Crippen LogP contribution is 2.26. The maximum Gasteiger partial charge on any atom is 0.252 e. The number of pyridine rings is 2.